The molecule has 0 saturated heterocycles. The van der Waals surface area contributed by atoms with Crippen molar-refractivity contribution in [2.24, 2.45) is 5.73 Å². The Balaban J connectivity index is 2.20. The fraction of sp³-hybridized carbons (Fsp3) is 0.167. The van der Waals surface area contributed by atoms with Crippen molar-refractivity contribution in [3.05, 3.63) is 40.2 Å². The molecule has 0 aliphatic heterocycles. The van der Waals surface area contributed by atoms with E-state index in [-0.39, 0.29) is 17.3 Å². The number of hydrogen-bond donors (Lipinski definition) is 3. The maximum absolute atomic E-state index is 11.2. The summed E-state index contributed by atoms with van der Waals surface area (Å²) in [5, 5.41) is 7.27. The molecule has 94 valence electrons. The Labute approximate surface area is 109 Å². The van der Waals surface area contributed by atoms with Gasteiger partial charge in [0.15, 0.2) is 0 Å². The van der Waals surface area contributed by atoms with Gasteiger partial charge in [-0.25, -0.2) is 4.98 Å². The topological polar surface area (TPSA) is 94.0 Å². The molecular weight excluding hydrogens is 248 g/mol. The quantitative estimate of drug-likeness (QED) is 0.785. The molecule has 0 bridgehead atoms. The monoisotopic (exact) mass is 262 g/mol. The zero-order valence-corrected chi connectivity index (χ0v) is 10.7. The number of nitrogens with one attached hydrogen (secondary N) is 1. The lowest BCUT2D eigenvalue weighted by Gasteiger charge is -2.14. The molecular formula is C12H14N4OS. The minimum absolute atomic E-state index is 0.105. The number of anilines is 2. The Bertz CT molecular complexity index is 553. The van der Waals surface area contributed by atoms with E-state index >= 15 is 0 Å². The number of pyridine rings is 1. The summed E-state index contributed by atoms with van der Waals surface area (Å²) >= 11 is 1.63. The molecule has 5 nitrogen and oxygen atoms in total. The summed E-state index contributed by atoms with van der Waals surface area (Å²) in [4.78, 5) is 15.3. The third-order valence-electron chi connectivity index (χ3n) is 2.61. The first-order valence-electron chi connectivity index (χ1n) is 5.42. The lowest BCUT2D eigenvalue weighted by molar-refractivity contribution is 0.100. The van der Waals surface area contributed by atoms with E-state index in [1.807, 2.05) is 18.4 Å². The summed E-state index contributed by atoms with van der Waals surface area (Å²) in [6.07, 6.45) is 1.43. The highest BCUT2D eigenvalue weighted by molar-refractivity contribution is 7.07. The standard InChI is InChI=1S/C12H14N4OS/c1-7(8-2-3-18-6-8)16-11-4-9(12(14)17)10(13)5-15-11/h2-7H,13H2,1H3,(H2,14,17)(H,15,16). The van der Waals surface area contributed by atoms with Gasteiger partial charge in [0.2, 0.25) is 0 Å². The molecule has 0 spiro atoms. The summed E-state index contributed by atoms with van der Waals surface area (Å²) in [6.45, 7) is 2.02. The number of rotatable bonds is 4. The van der Waals surface area contributed by atoms with Crippen LogP contribution < -0.4 is 16.8 Å². The minimum atomic E-state index is -0.555. The van der Waals surface area contributed by atoms with Gasteiger partial charge in [0.05, 0.1) is 23.5 Å². The summed E-state index contributed by atoms with van der Waals surface area (Å²) < 4.78 is 0. The number of nitrogens with two attached hydrogens (primary N) is 2. The SMILES string of the molecule is CC(Nc1cc(C(N)=O)c(N)cn1)c1ccsc1. The van der Waals surface area contributed by atoms with Gasteiger partial charge in [-0.1, -0.05) is 0 Å². The molecule has 2 heterocycles. The second-order valence-electron chi connectivity index (χ2n) is 3.94. The predicted octanol–water partition coefficient (Wildman–Crippen LogP) is 2.00. The number of thiophene rings is 1. The Hall–Kier alpha value is -2.08. The molecule has 0 aliphatic carbocycles. The summed E-state index contributed by atoms with van der Waals surface area (Å²) in [6, 6.07) is 3.71. The van der Waals surface area contributed by atoms with Crippen LogP contribution in [0.1, 0.15) is 28.9 Å². The summed E-state index contributed by atoms with van der Waals surface area (Å²) in [7, 11) is 0. The van der Waals surface area contributed by atoms with Gasteiger partial charge in [-0.3, -0.25) is 4.79 Å². The van der Waals surface area contributed by atoms with Crippen molar-refractivity contribution in [2.75, 3.05) is 11.1 Å². The van der Waals surface area contributed by atoms with Gasteiger partial charge in [-0.2, -0.15) is 11.3 Å². The Morgan fingerprint density at radius 2 is 2.33 bits per heavy atom. The van der Waals surface area contributed by atoms with Gasteiger partial charge >= 0.3 is 0 Å². The van der Waals surface area contributed by atoms with Gasteiger partial charge in [-0.15, -0.1) is 0 Å². The number of nitrogen functional groups attached to an aromatic ring is 1. The van der Waals surface area contributed by atoms with E-state index in [9.17, 15) is 4.79 Å². The highest BCUT2D eigenvalue weighted by atomic mass is 32.1. The normalized spacial score (nSPS) is 12.1. The third kappa shape index (κ3) is 2.60. The average molecular weight is 262 g/mol. The van der Waals surface area contributed by atoms with Crippen molar-refractivity contribution in [2.45, 2.75) is 13.0 Å². The highest BCUT2D eigenvalue weighted by Gasteiger charge is 2.10. The van der Waals surface area contributed by atoms with Crippen LogP contribution in [-0.4, -0.2) is 10.9 Å². The van der Waals surface area contributed by atoms with E-state index < -0.39 is 5.91 Å². The number of carbonyl (C=O) groups excluding carboxylic acids is 1. The van der Waals surface area contributed by atoms with Crippen LogP contribution >= 0.6 is 11.3 Å². The fourth-order valence-corrected chi connectivity index (χ4v) is 2.34. The molecule has 0 saturated carbocycles. The van der Waals surface area contributed by atoms with Gasteiger partial charge in [0.25, 0.3) is 5.91 Å². The number of carbonyl (C=O) groups is 1. The zero-order chi connectivity index (χ0) is 13.1. The van der Waals surface area contributed by atoms with Gasteiger partial charge in [0.1, 0.15) is 5.82 Å². The molecule has 1 unspecified atom stereocenters. The van der Waals surface area contributed by atoms with Crippen LogP contribution in [0.5, 0.6) is 0 Å². The van der Waals surface area contributed by atoms with Crippen molar-refractivity contribution in [3.8, 4) is 0 Å². The van der Waals surface area contributed by atoms with Crippen LogP contribution in [0.15, 0.2) is 29.1 Å². The largest absolute Gasteiger partial charge is 0.397 e. The minimum Gasteiger partial charge on any atom is -0.397 e. The maximum Gasteiger partial charge on any atom is 0.250 e. The van der Waals surface area contributed by atoms with Crippen LogP contribution in [0.3, 0.4) is 0 Å². The number of amides is 1. The molecule has 2 rings (SSSR count). The number of hydrogen-bond acceptors (Lipinski definition) is 5. The molecule has 5 N–H and O–H groups in total. The molecule has 1 amide bonds. The number of aromatic nitrogens is 1. The number of nitrogens with zero attached hydrogens (tertiary/aromatic N) is 1. The molecule has 0 aliphatic rings. The fourth-order valence-electron chi connectivity index (χ4n) is 1.58. The van der Waals surface area contributed by atoms with E-state index in [0.717, 1.165) is 0 Å². The summed E-state index contributed by atoms with van der Waals surface area (Å²) in [5.74, 6) is 0.0258. The predicted molar refractivity (Wildman–Crippen MR) is 73.5 cm³/mol. The van der Waals surface area contributed by atoms with Crippen molar-refractivity contribution < 1.29 is 4.79 Å². The van der Waals surface area contributed by atoms with Crippen molar-refractivity contribution in [1.29, 1.82) is 0 Å². The van der Waals surface area contributed by atoms with Gasteiger partial charge in [0, 0.05) is 0 Å². The van der Waals surface area contributed by atoms with Crippen LogP contribution in [0.25, 0.3) is 0 Å². The van der Waals surface area contributed by atoms with Gasteiger partial charge in [-0.05, 0) is 35.4 Å². The molecule has 1 atom stereocenters. The molecule has 0 aromatic carbocycles. The number of primary amides is 1. The molecule has 0 fully saturated rings. The third-order valence-corrected chi connectivity index (χ3v) is 3.31. The van der Waals surface area contributed by atoms with E-state index in [0.29, 0.717) is 5.82 Å². The van der Waals surface area contributed by atoms with Crippen molar-refractivity contribution in [3.63, 3.8) is 0 Å². The molecule has 2 aromatic rings. The van der Waals surface area contributed by atoms with Crippen LogP contribution in [-0.2, 0) is 0 Å². The Morgan fingerprint density at radius 3 is 2.94 bits per heavy atom. The Morgan fingerprint density at radius 1 is 1.56 bits per heavy atom. The van der Waals surface area contributed by atoms with E-state index in [2.05, 4.69) is 15.7 Å². The van der Waals surface area contributed by atoms with Crippen molar-refractivity contribution >= 4 is 28.7 Å². The first kappa shape index (κ1) is 12.4. The average Bonchev–Trinajstić information content (AvgIpc) is 2.85. The second-order valence-corrected chi connectivity index (χ2v) is 4.72. The van der Waals surface area contributed by atoms with E-state index in [4.69, 9.17) is 11.5 Å². The zero-order valence-electron chi connectivity index (χ0n) is 9.88. The van der Waals surface area contributed by atoms with Crippen LogP contribution in [0.2, 0.25) is 0 Å². The van der Waals surface area contributed by atoms with E-state index in [1.54, 1.807) is 17.4 Å². The summed E-state index contributed by atoms with van der Waals surface area (Å²) in [5.41, 5.74) is 12.6. The molecule has 0 radical (unpaired) electrons. The first-order valence-corrected chi connectivity index (χ1v) is 6.36. The molecule has 6 heteroatoms. The first-order chi connectivity index (χ1) is 8.58. The Kier molecular flexibility index (Phi) is 3.47. The second kappa shape index (κ2) is 5.05. The van der Waals surface area contributed by atoms with Crippen molar-refractivity contribution in [1.82, 2.24) is 4.98 Å². The van der Waals surface area contributed by atoms with Gasteiger partial charge < -0.3 is 16.8 Å². The molecule has 2 aromatic heterocycles. The molecule has 18 heavy (non-hydrogen) atoms. The smallest absolute Gasteiger partial charge is 0.250 e. The van der Waals surface area contributed by atoms with E-state index in [1.165, 1.54) is 11.8 Å². The lowest BCUT2D eigenvalue weighted by Crippen LogP contribution is -2.15. The lowest BCUT2D eigenvalue weighted by atomic mass is 10.1. The maximum atomic E-state index is 11.2. The van der Waals surface area contributed by atoms with Crippen LogP contribution in [0.4, 0.5) is 11.5 Å². The highest BCUT2D eigenvalue weighted by Crippen LogP contribution is 2.21. The van der Waals surface area contributed by atoms with Crippen LogP contribution in [0, 0.1) is 0 Å².